The molecule has 3 aliphatic heterocycles. The second-order valence-electron chi connectivity index (χ2n) is 18.1. The first-order valence-corrected chi connectivity index (χ1v) is 19.6. The van der Waals surface area contributed by atoms with Gasteiger partial charge in [-0.25, -0.2) is 0 Å². The first kappa shape index (κ1) is 31.3. The molecule has 0 N–H and O–H groups in total. The van der Waals surface area contributed by atoms with Crippen molar-refractivity contribution in [2.24, 2.45) is 0 Å². The highest BCUT2D eigenvalue weighted by molar-refractivity contribution is 7.00. The van der Waals surface area contributed by atoms with Crippen LogP contribution < -0.4 is 21.3 Å². The van der Waals surface area contributed by atoms with Crippen LogP contribution in [0.1, 0.15) is 93.0 Å². The lowest BCUT2D eigenvalue weighted by Crippen LogP contribution is -2.61. The zero-order valence-corrected chi connectivity index (χ0v) is 31.7. The molecule has 11 rings (SSSR count). The number of hydrogen-bond donors (Lipinski definition) is 0. The van der Waals surface area contributed by atoms with Crippen molar-refractivity contribution in [3.8, 4) is 5.69 Å². The fourth-order valence-corrected chi connectivity index (χ4v) is 10.2. The summed E-state index contributed by atoms with van der Waals surface area (Å²) in [5.41, 5.74) is 22.6. The van der Waals surface area contributed by atoms with Gasteiger partial charge in [0.25, 0.3) is 6.71 Å². The summed E-state index contributed by atoms with van der Waals surface area (Å²) in [6.07, 6.45) is 11.9. The Morgan fingerprint density at radius 2 is 1.42 bits per heavy atom. The highest BCUT2D eigenvalue weighted by Crippen LogP contribution is 2.52. The Kier molecular flexibility index (Phi) is 6.29. The van der Waals surface area contributed by atoms with Gasteiger partial charge >= 0.3 is 0 Å². The Morgan fingerprint density at radius 3 is 2.17 bits per heavy atom. The predicted molar refractivity (Wildman–Crippen MR) is 227 cm³/mol. The molecule has 0 saturated heterocycles. The van der Waals surface area contributed by atoms with Gasteiger partial charge < -0.3 is 9.47 Å². The van der Waals surface area contributed by atoms with E-state index in [9.17, 15) is 0 Å². The third kappa shape index (κ3) is 4.34. The third-order valence-electron chi connectivity index (χ3n) is 12.9. The van der Waals surface area contributed by atoms with Gasteiger partial charge in [0.15, 0.2) is 0 Å². The molecule has 5 aliphatic rings. The topological polar surface area (TPSA) is 8.17 Å². The number of fused-ring (bicyclic) bond motifs is 10. The zero-order chi connectivity index (χ0) is 36.0. The molecule has 2 atom stereocenters. The average molecular weight is 685 g/mol. The summed E-state index contributed by atoms with van der Waals surface area (Å²) in [7, 11) is 0. The molecule has 0 saturated carbocycles. The fraction of sp³-hybridized carbons (Fsp3) is 0.240. The smallest absolute Gasteiger partial charge is 0.252 e. The molecule has 53 heavy (non-hydrogen) atoms. The number of hydrogen-bond acceptors (Lipinski definition) is 1. The molecule has 0 amide bonds. The molecule has 258 valence electrons. The van der Waals surface area contributed by atoms with E-state index in [1.54, 1.807) is 0 Å². The van der Waals surface area contributed by atoms with Crippen LogP contribution in [0.2, 0.25) is 0 Å². The highest BCUT2D eigenvalue weighted by Gasteiger charge is 2.49. The normalized spacial score (nSPS) is 19.1. The van der Waals surface area contributed by atoms with Crippen LogP contribution in [0.5, 0.6) is 0 Å². The summed E-state index contributed by atoms with van der Waals surface area (Å²) in [5.74, 6) is 0.367. The Morgan fingerprint density at radius 1 is 0.717 bits per heavy atom. The molecule has 0 radical (unpaired) electrons. The van der Waals surface area contributed by atoms with Crippen LogP contribution in [-0.2, 0) is 17.3 Å². The van der Waals surface area contributed by atoms with Crippen molar-refractivity contribution in [3.63, 3.8) is 0 Å². The van der Waals surface area contributed by atoms with Crippen LogP contribution in [0.15, 0.2) is 121 Å². The Balaban J connectivity index is 1.21. The minimum Gasteiger partial charge on any atom is -0.334 e. The molecule has 5 aromatic carbocycles. The van der Waals surface area contributed by atoms with E-state index in [0.717, 1.165) is 12.8 Å². The molecule has 3 heteroatoms. The van der Waals surface area contributed by atoms with E-state index in [2.05, 4.69) is 178 Å². The molecule has 2 aliphatic carbocycles. The molecule has 2 nitrogen and oxygen atoms in total. The lowest BCUT2D eigenvalue weighted by atomic mass is 9.33. The number of rotatable bonds is 2. The van der Waals surface area contributed by atoms with Gasteiger partial charge in [-0.2, -0.15) is 0 Å². The predicted octanol–water partition coefficient (Wildman–Crippen LogP) is 10.1. The van der Waals surface area contributed by atoms with Crippen LogP contribution >= 0.6 is 0 Å². The zero-order valence-electron chi connectivity index (χ0n) is 31.7. The van der Waals surface area contributed by atoms with Gasteiger partial charge in [0.05, 0.1) is 6.04 Å². The van der Waals surface area contributed by atoms with E-state index < -0.39 is 0 Å². The van der Waals surface area contributed by atoms with E-state index in [-0.39, 0.29) is 23.6 Å². The molecular weight excluding hydrogens is 639 g/mol. The van der Waals surface area contributed by atoms with Gasteiger partial charge in [-0.05, 0) is 115 Å². The molecule has 4 heterocycles. The van der Waals surface area contributed by atoms with E-state index in [0.29, 0.717) is 5.92 Å². The summed E-state index contributed by atoms with van der Waals surface area (Å²) in [6, 6.07) is 39.7. The quantitative estimate of drug-likeness (QED) is 0.165. The minimum atomic E-state index is 0.00929. The van der Waals surface area contributed by atoms with Crippen LogP contribution in [0.3, 0.4) is 0 Å². The second kappa shape index (κ2) is 10.7. The lowest BCUT2D eigenvalue weighted by Gasteiger charge is -2.41. The monoisotopic (exact) mass is 684 g/mol. The lowest BCUT2D eigenvalue weighted by molar-refractivity contribution is 0.590. The number of allylic oxidation sites excluding steroid dienone is 3. The molecular formula is C50H45BN2. The largest absolute Gasteiger partial charge is 0.334 e. The molecule has 0 bridgehead atoms. The summed E-state index contributed by atoms with van der Waals surface area (Å²) in [6.45, 7) is 14.4. The first-order chi connectivity index (χ1) is 25.6. The van der Waals surface area contributed by atoms with E-state index >= 15 is 0 Å². The van der Waals surface area contributed by atoms with Crippen LogP contribution in [0.4, 0.5) is 11.4 Å². The maximum absolute atomic E-state index is 2.74. The van der Waals surface area contributed by atoms with E-state index in [4.69, 9.17) is 0 Å². The van der Waals surface area contributed by atoms with Crippen molar-refractivity contribution in [2.45, 2.75) is 77.2 Å². The standard InChI is InChI=1S/C50H45BN2/c1-49(2,3)34-26-38-36-24-32(30-14-9-7-10-15-30)20-22-42(36)52-44-18-13-19-45-46(44)51(40(28-34)47(38)52)41-29-35(50(4,5)6)27-39-37-25-33(31-16-11-8-12-17-31)21-23-43(37)53(45)48(39)41/h7-22,25-29,32,43H,23-24H2,1-6H3. The summed E-state index contributed by atoms with van der Waals surface area (Å²) in [5, 5.41) is 1.43. The van der Waals surface area contributed by atoms with Crippen molar-refractivity contribution < 1.29 is 0 Å². The summed E-state index contributed by atoms with van der Waals surface area (Å²) in [4.78, 5) is 2.74. The first-order valence-electron chi connectivity index (χ1n) is 19.6. The van der Waals surface area contributed by atoms with Crippen molar-refractivity contribution in [1.29, 1.82) is 0 Å². The van der Waals surface area contributed by atoms with Gasteiger partial charge in [-0.1, -0.05) is 133 Å². The summed E-state index contributed by atoms with van der Waals surface area (Å²) >= 11 is 0. The van der Waals surface area contributed by atoms with Crippen LogP contribution in [0, 0.1) is 0 Å². The van der Waals surface area contributed by atoms with Crippen LogP contribution in [0.25, 0.3) is 33.8 Å². The Bertz CT molecular complexity index is 2640. The van der Waals surface area contributed by atoms with Crippen LogP contribution in [-0.4, -0.2) is 17.3 Å². The van der Waals surface area contributed by atoms with E-state index in [1.165, 1.54) is 94.6 Å². The minimum absolute atomic E-state index is 0.00929. The van der Waals surface area contributed by atoms with Gasteiger partial charge in [-0.3, -0.25) is 0 Å². The Hall–Kier alpha value is -5.28. The average Bonchev–Trinajstić information content (AvgIpc) is 3.67. The number of nitrogens with zero attached hydrogens (tertiary/aromatic N) is 2. The number of benzene rings is 5. The highest BCUT2D eigenvalue weighted by atomic mass is 15.2. The van der Waals surface area contributed by atoms with Crippen molar-refractivity contribution in [2.75, 3.05) is 4.90 Å². The number of anilines is 2. The fourth-order valence-electron chi connectivity index (χ4n) is 10.2. The van der Waals surface area contributed by atoms with Gasteiger partial charge in [-0.15, -0.1) is 0 Å². The van der Waals surface area contributed by atoms with Crippen molar-refractivity contribution in [3.05, 3.63) is 160 Å². The van der Waals surface area contributed by atoms with Crippen molar-refractivity contribution in [1.82, 2.24) is 4.57 Å². The maximum atomic E-state index is 2.74. The SMILES string of the molecule is CC(C)(C)c1cc2c3c(c1)C1=CC(c4ccccc4)=CCC1N3c1cccc3c1B2c1cc(C(C)(C)C)cc2c4c(n-3c12)C=CC(c1ccccc1)C4. The molecule has 0 spiro atoms. The molecule has 6 aromatic rings. The second-order valence-corrected chi connectivity index (χ2v) is 18.1. The third-order valence-corrected chi connectivity index (χ3v) is 12.9. The van der Waals surface area contributed by atoms with Gasteiger partial charge in [0, 0.05) is 45.1 Å². The molecule has 0 fully saturated rings. The summed E-state index contributed by atoms with van der Waals surface area (Å²) < 4.78 is 2.65. The van der Waals surface area contributed by atoms with Crippen molar-refractivity contribution >= 4 is 62.6 Å². The Labute approximate surface area is 314 Å². The molecule has 1 aromatic heterocycles. The van der Waals surface area contributed by atoms with Gasteiger partial charge in [0.1, 0.15) is 0 Å². The van der Waals surface area contributed by atoms with Gasteiger partial charge in [0.2, 0.25) is 0 Å². The number of aromatic nitrogens is 1. The molecule has 2 unspecified atom stereocenters. The van der Waals surface area contributed by atoms with E-state index in [1.807, 2.05) is 0 Å². The maximum Gasteiger partial charge on any atom is 0.252 e.